The smallest absolute Gasteiger partial charge is 0.0753 e. The molecule has 1 aliphatic carbocycles. The molecule has 1 heterocycles. The first-order chi connectivity index (χ1) is 15.8. The number of hydroxylamine groups is 1. The molecule has 0 aromatic heterocycles. The Morgan fingerprint density at radius 3 is 2.16 bits per heavy atom. The third-order valence-corrected chi connectivity index (χ3v) is 6.85. The molecule has 5 rings (SSSR count). The number of allylic oxidation sites excluding steroid dienone is 1. The van der Waals surface area contributed by atoms with Gasteiger partial charge >= 0.3 is 0 Å². The average molecular weight is 425 g/mol. The summed E-state index contributed by atoms with van der Waals surface area (Å²) in [6.07, 6.45) is 6.59. The van der Waals surface area contributed by atoms with Gasteiger partial charge in [0, 0.05) is 11.6 Å². The highest BCUT2D eigenvalue weighted by atomic mass is 16.7. The molecule has 1 aliphatic heterocycles. The quantitative estimate of drug-likeness (QED) is 0.420. The van der Waals surface area contributed by atoms with Gasteiger partial charge in [-0.1, -0.05) is 78.9 Å². The average Bonchev–Trinajstić information content (AvgIpc) is 2.87. The number of rotatable bonds is 7. The normalized spacial score (nSPS) is 17.9. The lowest BCUT2D eigenvalue weighted by Crippen LogP contribution is -2.34. The van der Waals surface area contributed by atoms with Gasteiger partial charge in [0.05, 0.1) is 18.3 Å². The van der Waals surface area contributed by atoms with Crippen LogP contribution in [-0.2, 0) is 4.84 Å². The fourth-order valence-corrected chi connectivity index (χ4v) is 5.24. The van der Waals surface area contributed by atoms with E-state index in [0.717, 1.165) is 31.4 Å². The summed E-state index contributed by atoms with van der Waals surface area (Å²) in [7, 11) is 0. The van der Waals surface area contributed by atoms with Crippen molar-refractivity contribution in [3.63, 3.8) is 0 Å². The van der Waals surface area contributed by atoms with Crippen LogP contribution in [0.25, 0.3) is 0 Å². The van der Waals surface area contributed by atoms with Gasteiger partial charge in [-0.2, -0.15) is 0 Å². The van der Waals surface area contributed by atoms with Crippen molar-refractivity contribution < 1.29 is 4.84 Å². The second kappa shape index (κ2) is 9.72. The van der Waals surface area contributed by atoms with Crippen molar-refractivity contribution in [1.82, 2.24) is 0 Å². The highest BCUT2D eigenvalue weighted by Crippen LogP contribution is 2.44. The second-order valence-corrected chi connectivity index (χ2v) is 8.86. The molecule has 3 aromatic rings. The topological polar surface area (TPSA) is 38.5 Å². The molecule has 164 valence electrons. The molecular weight excluding hydrogens is 392 g/mol. The van der Waals surface area contributed by atoms with E-state index in [1.807, 2.05) is 0 Å². The van der Waals surface area contributed by atoms with E-state index in [2.05, 4.69) is 90.0 Å². The zero-order chi connectivity index (χ0) is 21.8. The first-order valence-corrected chi connectivity index (χ1v) is 11.9. The molecule has 2 aliphatic rings. The minimum Gasteiger partial charge on any atom is -0.320 e. The zero-order valence-electron chi connectivity index (χ0n) is 18.6. The number of para-hydroxylation sites is 1. The minimum absolute atomic E-state index is 0.00175. The molecule has 32 heavy (non-hydrogen) atoms. The van der Waals surface area contributed by atoms with Gasteiger partial charge in [-0.05, 0) is 66.9 Å². The molecule has 0 spiro atoms. The van der Waals surface area contributed by atoms with Crippen molar-refractivity contribution in [1.29, 1.82) is 0 Å². The first kappa shape index (κ1) is 21.0. The molecule has 3 aromatic carbocycles. The fourth-order valence-electron chi connectivity index (χ4n) is 5.24. The summed E-state index contributed by atoms with van der Waals surface area (Å²) < 4.78 is 0. The summed E-state index contributed by atoms with van der Waals surface area (Å²) >= 11 is 0. The molecule has 1 unspecified atom stereocenters. The zero-order valence-corrected chi connectivity index (χ0v) is 18.6. The van der Waals surface area contributed by atoms with Crippen LogP contribution >= 0.6 is 0 Å². The lowest BCUT2D eigenvalue weighted by Gasteiger charge is -2.39. The predicted octanol–water partition coefficient (Wildman–Crippen LogP) is 6.88. The summed E-state index contributed by atoms with van der Waals surface area (Å²) in [4.78, 5) is 6.47. The SMILES string of the molecule is NC1C2=C(CCCC2)N(OCCCC(c2ccccc2)c2ccccc2)c2ccccc21. The van der Waals surface area contributed by atoms with Gasteiger partial charge in [0.25, 0.3) is 0 Å². The standard InChI is InChI=1S/C29H32N2O/c30-29-25-16-7-9-19-27(25)31(28-20-10-8-17-26(28)29)32-21-11-18-24(22-12-3-1-4-13-22)23-14-5-2-6-15-23/h1-7,9,12-16,19,24,29H,8,10-11,17-18,20-21,30H2. The maximum absolute atomic E-state index is 6.65. The number of fused-ring (bicyclic) bond motifs is 1. The van der Waals surface area contributed by atoms with Crippen LogP contribution in [0.1, 0.15) is 67.2 Å². The molecule has 0 saturated heterocycles. The van der Waals surface area contributed by atoms with E-state index in [0.29, 0.717) is 12.5 Å². The number of nitrogens with two attached hydrogens (primary N) is 1. The third-order valence-electron chi connectivity index (χ3n) is 6.85. The predicted molar refractivity (Wildman–Crippen MR) is 131 cm³/mol. The van der Waals surface area contributed by atoms with Crippen LogP contribution in [0, 0.1) is 0 Å². The molecule has 0 saturated carbocycles. The molecule has 1 atom stereocenters. The van der Waals surface area contributed by atoms with Crippen LogP contribution in [0.2, 0.25) is 0 Å². The van der Waals surface area contributed by atoms with Crippen LogP contribution in [0.15, 0.2) is 96.2 Å². The van der Waals surface area contributed by atoms with Gasteiger partial charge in [0.15, 0.2) is 0 Å². The highest BCUT2D eigenvalue weighted by molar-refractivity contribution is 5.63. The van der Waals surface area contributed by atoms with Gasteiger partial charge in [-0.3, -0.25) is 4.84 Å². The van der Waals surface area contributed by atoms with Gasteiger partial charge in [0.1, 0.15) is 0 Å². The molecule has 3 heteroatoms. The van der Waals surface area contributed by atoms with Crippen molar-refractivity contribution in [2.75, 3.05) is 11.7 Å². The van der Waals surface area contributed by atoms with Crippen molar-refractivity contribution in [2.45, 2.75) is 50.5 Å². The molecule has 0 fully saturated rings. The van der Waals surface area contributed by atoms with Crippen LogP contribution in [-0.4, -0.2) is 6.61 Å². The molecule has 0 radical (unpaired) electrons. The van der Waals surface area contributed by atoms with E-state index in [4.69, 9.17) is 10.6 Å². The maximum atomic E-state index is 6.65. The largest absolute Gasteiger partial charge is 0.320 e. The number of hydrogen-bond acceptors (Lipinski definition) is 3. The van der Waals surface area contributed by atoms with Gasteiger partial charge in [-0.25, -0.2) is 5.06 Å². The highest BCUT2D eigenvalue weighted by Gasteiger charge is 2.32. The Labute approximate surface area is 191 Å². The van der Waals surface area contributed by atoms with E-state index in [9.17, 15) is 0 Å². The maximum Gasteiger partial charge on any atom is 0.0753 e. The van der Waals surface area contributed by atoms with Crippen molar-refractivity contribution in [2.24, 2.45) is 5.73 Å². The Morgan fingerprint density at radius 1 is 0.812 bits per heavy atom. The summed E-state index contributed by atoms with van der Waals surface area (Å²) in [5.41, 5.74) is 14.3. The van der Waals surface area contributed by atoms with Gasteiger partial charge < -0.3 is 5.73 Å². The van der Waals surface area contributed by atoms with Gasteiger partial charge in [0.2, 0.25) is 0 Å². The molecule has 0 amide bonds. The Balaban J connectivity index is 1.31. The summed E-state index contributed by atoms with van der Waals surface area (Å²) in [5.74, 6) is 0.382. The number of nitrogens with zero attached hydrogens (tertiary/aromatic N) is 1. The summed E-state index contributed by atoms with van der Waals surface area (Å²) in [5, 5.41) is 2.10. The first-order valence-electron chi connectivity index (χ1n) is 11.9. The monoisotopic (exact) mass is 424 g/mol. The molecule has 3 nitrogen and oxygen atoms in total. The lowest BCUT2D eigenvalue weighted by atomic mass is 9.84. The minimum atomic E-state index is 0.00175. The lowest BCUT2D eigenvalue weighted by molar-refractivity contribution is 0.114. The van der Waals surface area contributed by atoms with Crippen molar-refractivity contribution in [3.8, 4) is 0 Å². The van der Waals surface area contributed by atoms with E-state index >= 15 is 0 Å². The molecular formula is C29H32N2O. The van der Waals surface area contributed by atoms with E-state index in [1.165, 1.54) is 40.8 Å². The van der Waals surface area contributed by atoms with Crippen LogP contribution in [0.4, 0.5) is 5.69 Å². The summed E-state index contributed by atoms with van der Waals surface area (Å²) in [6.45, 7) is 0.691. The second-order valence-electron chi connectivity index (χ2n) is 8.86. The van der Waals surface area contributed by atoms with E-state index in [-0.39, 0.29) is 6.04 Å². The Morgan fingerprint density at radius 2 is 1.44 bits per heavy atom. The van der Waals surface area contributed by atoms with Crippen molar-refractivity contribution >= 4 is 5.69 Å². The fraction of sp³-hybridized carbons (Fsp3) is 0.310. The number of anilines is 1. The Bertz CT molecular complexity index is 1020. The van der Waals surface area contributed by atoms with Crippen LogP contribution in [0.5, 0.6) is 0 Å². The Kier molecular flexibility index (Phi) is 6.38. The van der Waals surface area contributed by atoms with E-state index in [1.54, 1.807) is 0 Å². The van der Waals surface area contributed by atoms with Crippen LogP contribution < -0.4 is 10.8 Å². The van der Waals surface area contributed by atoms with Crippen LogP contribution in [0.3, 0.4) is 0 Å². The molecule has 2 N–H and O–H groups in total. The van der Waals surface area contributed by atoms with E-state index < -0.39 is 0 Å². The number of benzene rings is 3. The number of hydrogen-bond donors (Lipinski definition) is 1. The molecule has 0 bridgehead atoms. The summed E-state index contributed by atoms with van der Waals surface area (Å²) in [6, 6.07) is 30.1. The Hall–Kier alpha value is -2.88. The third kappa shape index (κ3) is 4.23. The van der Waals surface area contributed by atoms with Gasteiger partial charge in [-0.15, -0.1) is 0 Å². The van der Waals surface area contributed by atoms with Crippen molar-refractivity contribution in [3.05, 3.63) is 113 Å².